The van der Waals surface area contributed by atoms with Crippen LogP contribution in [0.1, 0.15) is 46.4 Å². The Balaban J connectivity index is 1.39. The highest BCUT2D eigenvalue weighted by Gasteiger charge is 2.54. The fourth-order valence-corrected chi connectivity index (χ4v) is 4.72. The van der Waals surface area contributed by atoms with Crippen molar-refractivity contribution in [2.75, 3.05) is 19.7 Å². The molecule has 0 bridgehead atoms. The lowest BCUT2D eigenvalue weighted by molar-refractivity contribution is -0.128. The summed E-state index contributed by atoms with van der Waals surface area (Å²) >= 11 is 0. The lowest BCUT2D eigenvalue weighted by atomic mass is 9.96. The Hall–Kier alpha value is -3.33. The van der Waals surface area contributed by atoms with Crippen molar-refractivity contribution in [2.45, 2.75) is 43.5 Å². The number of carbonyl (C=O) groups is 3. The maximum Gasteiger partial charge on any atom is 0.256 e. The molecule has 1 N–H and O–H groups in total. The van der Waals surface area contributed by atoms with Gasteiger partial charge in [0.05, 0.1) is 12.2 Å². The first-order valence-electron chi connectivity index (χ1n) is 11.5. The second-order valence-corrected chi connectivity index (χ2v) is 9.01. The van der Waals surface area contributed by atoms with Gasteiger partial charge in [0.2, 0.25) is 5.91 Å². The van der Waals surface area contributed by atoms with Crippen LogP contribution >= 0.6 is 0 Å². The number of likely N-dealkylation sites (tertiary alicyclic amines) is 1. The standard InChI is InChI=1S/C25H25F2N3O4/c26-17-5-3-4-16(14-17)23(32)30-21(22(31)28-18-8-9-18)15-34-25(30)10-12-29(13-11-25)24(33)19-6-1-2-7-20(19)27/h1-7,14,18,21H,8-13,15H2,(H,28,31)/t21-/m1/s1. The molecule has 2 aromatic rings. The van der Waals surface area contributed by atoms with E-state index < -0.39 is 35.2 Å². The van der Waals surface area contributed by atoms with Gasteiger partial charge in [-0.25, -0.2) is 8.78 Å². The van der Waals surface area contributed by atoms with Gasteiger partial charge in [0.15, 0.2) is 0 Å². The Bertz CT molecular complexity index is 1130. The molecule has 0 unspecified atom stereocenters. The van der Waals surface area contributed by atoms with E-state index in [2.05, 4.69) is 5.32 Å². The Morgan fingerprint density at radius 2 is 1.71 bits per heavy atom. The average molecular weight is 469 g/mol. The van der Waals surface area contributed by atoms with Crippen LogP contribution in [0.2, 0.25) is 0 Å². The number of hydrogen-bond acceptors (Lipinski definition) is 4. The highest BCUT2D eigenvalue weighted by Crippen LogP contribution is 2.39. The first-order valence-corrected chi connectivity index (χ1v) is 11.5. The summed E-state index contributed by atoms with van der Waals surface area (Å²) in [6, 6.07) is 10.4. The maximum atomic E-state index is 14.1. The number of ether oxygens (including phenoxy) is 1. The van der Waals surface area contributed by atoms with Gasteiger partial charge in [-0.1, -0.05) is 18.2 Å². The number of amides is 3. The molecule has 3 amide bonds. The molecule has 1 atom stereocenters. The summed E-state index contributed by atoms with van der Waals surface area (Å²) in [6.45, 7) is 0.453. The SMILES string of the molecule is O=C(NC1CC1)[C@H]1COC2(CCN(C(=O)c3ccccc3F)CC2)N1C(=O)c1cccc(F)c1. The van der Waals surface area contributed by atoms with E-state index in [9.17, 15) is 23.2 Å². The average Bonchev–Trinajstić information content (AvgIpc) is 3.58. The molecular formula is C25H25F2N3O4. The minimum atomic E-state index is -1.11. The van der Waals surface area contributed by atoms with Gasteiger partial charge in [-0.15, -0.1) is 0 Å². The fourth-order valence-electron chi connectivity index (χ4n) is 4.72. The summed E-state index contributed by atoms with van der Waals surface area (Å²) in [4.78, 5) is 42.3. The molecular weight excluding hydrogens is 444 g/mol. The Kier molecular flexibility index (Phi) is 5.81. The number of nitrogens with one attached hydrogen (secondary N) is 1. The highest BCUT2D eigenvalue weighted by molar-refractivity contribution is 5.99. The van der Waals surface area contributed by atoms with Crippen LogP contribution in [-0.4, -0.2) is 65.0 Å². The lowest BCUT2D eigenvalue weighted by Crippen LogP contribution is -2.60. The zero-order chi connectivity index (χ0) is 23.9. The van der Waals surface area contributed by atoms with E-state index in [1.165, 1.54) is 46.2 Å². The monoisotopic (exact) mass is 469 g/mol. The van der Waals surface area contributed by atoms with Gasteiger partial charge < -0.3 is 15.0 Å². The zero-order valence-corrected chi connectivity index (χ0v) is 18.5. The van der Waals surface area contributed by atoms with E-state index in [0.717, 1.165) is 18.9 Å². The van der Waals surface area contributed by atoms with E-state index in [-0.39, 0.29) is 55.6 Å². The maximum absolute atomic E-state index is 14.1. The van der Waals surface area contributed by atoms with Crippen LogP contribution in [0.5, 0.6) is 0 Å². The minimum absolute atomic E-state index is 0.0137. The molecule has 2 aliphatic heterocycles. The minimum Gasteiger partial charge on any atom is -0.353 e. The summed E-state index contributed by atoms with van der Waals surface area (Å²) in [5.74, 6) is -2.37. The molecule has 9 heteroatoms. The molecule has 2 saturated heterocycles. The van der Waals surface area contributed by atoms with E-state index in [1.807, 2.05) is 0 Å². The summed E-state index contributed by atoms with van der Waals surface area (Å²) in [5, 5.41) is 2.93. The van der Waals surface area contributed by atoms with Crippen molar-refractivity contribution in [2.24, 2.45) is 0 Å². The van der Waals surface area contributed by atoms with E-state index >= 15 is 0 Å². The van der Waals surface area contributed by atoms with Gasteiger partial charge in [-0.05, 0) is 43.2 Å². The normalized spacial score (nSPS) is 21.5. The number of piperidine rings is 1. The molecule has 5 rings (SSSR count). The van der Waals surface area contributed by atoms with Crippen LogP contribution in [0.3, 0.4) is 0 Å². The molecule has 1 spiro atoms. The Labute approximate surface area is 195 Å². The number of halogens is 2. The van der Waals surface area contributed by atoms with Gasteiger partial charge in [0.1, 0.15) is 23.4 Å². The van der Waals surface area contributed by atoms with Crippen molar-refractivity contribution < 1.29 is 27.9 Å². The molecule has 3 aliphatic rings. The molecule has 0 aromatic heterocycles. The van der Waals surface area contributed by atoms with Gasteiger partial charge in [-0.2, -0.15) is 0 Å². The van der Waals surface area contributed by atoms with Gasteiger partial charge in [-0.3, -0.25) is 19.3 Å². The first-order chi connectivity index (χ1) is 16.4. The van der Waals surface area contributed by atoms with Crippen molar-refractivity contribution in [3.05, 3.63) is 71.3 Å². The molecule has 2 heterocycles. The van der Waals surface area contributed by atoms with E-state index in [4.69, 9.17) is 4.74 Å². The lowest BCUT2D eigenvalue weighted by Gasteiger charge is -2.44. The summed E-state index contributed by atoms with van der Waals surface area (Å²) < 4.78 is 34.1. The third-order valence-electron chi connectivity index (χ3n) is 6.71. The molecule has 34 heavy (non-hydrogen) atoms. The number of rotatable bonds is 4. The Morgan fingerprint density at radius 3 is 2.38 bits per heavy atom. The van der Waals surface area contributed by atoms with Crippen LogP contribution < -0.4 is 5.32 Å². The number of benzene rings is 2. The second kappa shape index (κ2) is 8.79. The van der Waals surface area contributed by atoms with Crippen LogP contribution in [0, 0.1) is 11.6 Å². The molecule has 178 valence electrons. The predicted molar refractivity (Wildman–Crippen MR) is 118 cm³/mol. The van der Waals surface area contributed by atoms with Gasteiger partial charge in [0, 0.05) is 37.5 Å². The first kappa shape index (κ1) is 22.5. The number of carbonyl (C=O) groups excluding carboxylic acids is 3. The van der Waals surface area contributed by atoms with Gasteiger partial charge in [0.25, 0.3) is 11.8 Å². The number of hydrogen-bond donors (Lipinski definition) is 1. The van der Waals surface area contributed by atoms with Crippen molar-refractivity contribution >= 4 is 17.7 Å². The van der Waals surface area contributed by atoms with Crippen molar-refractivity contribution in [1.82, 2.24) is 15.1 Å². The van der Waals surface area contributed by atoms with Crippen LogP contribution in [-0.2, 0) is 9.53 Å². The zero-order valence-electron chi connectivity index (χ0n) is 18.5. The van der Waals surface area contributed by atoms with Crippen molar-refractivity contribution in [3.8, 4) is 0 Å². The fraction of sp³-hybridized carbons (Fsp3) is 0.400. The van der Waals surface area contributed by atoms with Gasteiger partial charge >= 0.3 is 0 Å². The van der Waals surface area contributed by atoms with E-state index in [1.54, 1.807) is 6.07 Å². The molecule has 2 aromatic carbocycles. The summed E-state index contributed by atoms with van der Waals surface area (Å²) in [6.07, 6.45) is 2.30. The molecule has 0 radical (unpaired) electrons. The predicted octanol–water partition coefficient (Wildman–Crippen LogP) is 2.72. The van der Waals surface area contributed by atoms with Crippen LogP contribution in [0.4, 0.5) is 8.78 Å². The molecule has 3 fully saturated rings. The van der Waals surface area contributed by atoms with E-state index in [0.29, 0.717) is 0 Å². The third kappa shape index (κ3) is 4.16. The van der Waals surface area contributed by atoms with Crippen molar-refractivity contribution in [1.29, 1.82) is 0 Å². The topological polar surface area (TPSA) is 79.0 Å². The highest BCUT2D eigenvalue weighted by atomic mass is 19.1. The number of nitrogens with zero attached hydrogens (tertiary/aromatic N) is 2. The summed E-state index contributed by atoms with van der Waals surface area (Å²) in [7, 11) is 0. The van der Waals surface area contributed by atoms with Crippen molar-refractivity contribution in [3.63, 3.8) is 0 Å². The quantitative estimate of drug-likeness (QED) is 0.747. The second-order valence-electron chi connectivity index (χ2n) is 9.01. The summed E-state index contributed by atoms with van der Waals surface area (Å²) in [5.41, 5.74) is -1.000. The molecule has 1 aliphatic carbocycles. The molecule has 1 saturated carbocycles. The molecule has 7 nitrogen and oxygen atoms in total. The van der Waals surface area contributed by atoms with Crippen LogP contribution in [0.15, 0.2) is 48.5 Å². The van der Waals surface area contributed by atoms with Crippen LogP contribution in [0.25, 0.3) is 0 Å². The largest absolute Gasteiger partial charge is 0.353 e. The third-order valence-corrected chi connectivity index (χ3v) is 6.71. The Morgan fingerprint density at radius 1 is 0.971 bits per heavy atom. The smallest absolute Gasteiger partial charge is 0.256 e.